The van der Waals surface area contributed by atoms with E-state index in [0.29, 0.717) is 0 Å². The molecule has 17 bridgehead atoms. The fourth-order valence-electron chi connectivity index (χ4n) is 16.0. The van der Waals surface area contributed by atoms with E-state index in [1.54, 1.807) is 0 Å². The number of fused-ring (bicyclic) bond motifs is 14. The number of carbonyl (C=O) groups is 7. The van der Waals surface area contributed by atoms with Crippen molar-refractivity contribution in [3.8, 4) is 80.1 Å². The summed E-state index contributed by atoms with van der Waals surface area (Å²) in [4.78, 5) is 111. The van der Waals surface area contributed by atoms with Crippen molar-refractivity contribution in [3.63, 3.8) is 0 Å². The highest BCUT2D eigenvalue weighted by Crippen LogP contribution is 2.50. The zero-order chi connectivity index (χ0) is 90.9. The van der Waals surface area contributed by atoms with Crippen molar-refractivity contribution >= 4 is 41.4 Å². The van der Waals surface area contributed by atoms with Gasteiger partial charge in [0.25, 0.3) is 0 Å². The van der Waals surface area contributed by atoms with Crippen LogP contribution in [-0.2, 0) is 66.7 Å². The molecule has 127 heavy (non-hydrogen) atoms. The number of nitrogens with one attached hydrogen (secondary N) is 6. The van der Waals surface area contributed by atoms with Crippen LogP contribution in [0.3, 0.4) is 0 Å². The van der Waals surface area contributed by atoms with Gasteiger partial charge >= 0.3 is 5.97 Å². The van der Waals surface area contributed by atoms with Gasteiger partial charge in [-0.3, -0.25) is 28.8 Å². The average molecular weight is 1770 g/mol. The Hall–Kier alpha value is -11.8. The zero-order valence-corrected chi connectivity index (χ0v) is 67.4. The molecule has 10 aliphatic heterocycles. The van der Waals surface area contributed by atoms with Gasteiger partial charge in [0, 0.05) is 40.8 Å². The number of aliphatic hydroxyl groups excluding tert-OH is 12. The first kappa shape index (κ1) is 90.0. The molecule has 10 heterocycles. The van der Waals surface area contributed by atoms with Crippen LogP contribution in [0.2, 0.25) is 0 Å². The van der Waals surface area contributed by atoms with Crippen molar-refractivity contribution < 1.29 is 172 Å². The predicted molar refractivity (Wildman–Crippen MR) is 424 cm³/mol. The molecule has 26 N–H and O–H groups in total. The molecule has 6 amide bonds. The first-order valence-electron chi connectivity index (χ1n) is 40.0. The van der Waals surface area contributed by atoms with Crippen LogP contribution in [0.5, 0.6) is 69.0 Å². The highest BCUT2D eigenvalue weighted by atomic mass is 16.7. The summed E-state index contributed by atoms with van der Waals surface area (Å²) in [7, 11) is 0.901. The fourth-order valence-corrected chi connectivity index (χ4v) is 16.0. The van der Waals surface area contributed by atoms with Gasteiger partial charge in [-0.05, 0) is 133 Å². The number of esters is 1. The molecule has 28 atom stereocenters. The summed E-state index contributed by atoms with van der Waals surface area (Å²) < 4.78 is 74.0. The van der Waals surface area contributed by atoms with Gasteiger partial charge in [-0.2, -0.15) is 0 Å². The van der Waals surface area contributed by atoms with E-state index in [2.05, 4.69) is 31.9 Å². The molecule has 0 aliphatic carbocycles. The van der Waals surface area contributed by atoms with Gasteiger partial charge in [0.15, 0.2) is 41.6 Å². The SMILES string of the molecule is COC(=O)[C@H]1NC(=O)[C@H]2NC(=O)[C@H](NC(=O)[C@@H]3NC(=O)[C@H]4NC(=O)[C@H](NC(=O)[C@H](N)c5ccc(O)c(c5)Oc5cc4cc(O)c5C)[C@H](O)c4ccc(cc4)Oc4cc3cc(c4O[C@@H]3O[C@H](CO[C@H]4O[C@H](C)[C@@H](O)[C@H](O)[C@@H]4O)[C@@H](O)[C@H](O)[C@H]3O)Oc3ccc(cc3)[C@H]2OC2C[C@@H](N)[C@@H](O)[C@H](C)O2)c2ccc(O)c(c2)-c2c(O[C@H]3O[C@@H](CO)[C@H](O)[C@@H](O)[C@H]3O)cc(O)cc21. The Bertz CT molecular complexity index is 5330. The number of aromatic hydroxyl groups is 4. The van der Waals surface area contributed by atoms with Gasteiger partial charge in [0.05, 0.1) is 38.6 Å². The maximum absolute atomic E-state index is 16.9. The molecule has 10 aliphatic rings. The second-order valence-corrected chi connectivity index (χ2v) is 31.7. The van der Waals surface area contributed by atoms with Crippen LogP contribution in [0, 0.1) is 6.92 Å². The minimum Gasteiger partial charge on any atom is -0.508 e. The lowest BCUT2D eigenvalue weighted by Crippen LogP contribution is -2.61. The molecule has 678 valence electrons. The monoisotopic (exact) mass is 1770 g/mol. The molecule has 0 spiro atoms. The van der Waals surface area contributed by atoms with Crippen molar-refractivity contribution in [1.29, 1.82) is 0 Å². The molecule has 43 heteroatoms. The largest absolute Gasteiger partial charge is 0.508 e. The lowest BCUT2D eigenvalue weighted by molar-refractivity contribution is -0.318. The summed E-state index contributed by atoms with van der Waals surface area (Å²) in [5.41, 5.74) is 9.79. The highest BCUT2D eigenvalue weighted by Gasteiger charge is 2.52. The van der Waals surface area contributed by atoms with Crippen LogP contribution >= 0.6 is 0 Å². The van der Waals surface area contributed by atoms with E-state index in [1.165, 1.54) is 81.4 Å². The summed E-state index contributed by atoms with van der Waals surface area (Å²) in [6.07, 6.45) is -37.1. The number of amides is 6. The molecule has 0 saturated carbocycles. The molecule has 43 nitrogen and oxygen atoms in total. The zero-order valence-electron chi connectivity index (χ0n) is 67.4. The summed E-state index contributed by atoms with van der Waals surface area (Å²) >= 11 is 0. The maximum Gasteiger partial charge on any atom is 0.333 e. The molecule has 7 aromatic rings. The van der Waals surface area contributed by atoms with Crippen molar-refractivity contribution in [2.45, 2.75) is 198 Å². The van der Waals surface area contributed by atoms with Crippen LogP contribution in [0.25, 0.3) is 11.1 Å². The Morgan fingerprint density at radius 3 is 1.62 bits per heavy atom. The highest BCUT2D eigenvalue weighted by molar-refractivity contribution is 6.00. The number of benzene rings is 7. The third kappa shape index (κ3) is 17.9. The van der Waals surface area contributed by atoms with Gasteiger partial charge in [-0.25, -0.2) is 4.79 Å². The Labute approximate surface area is 718 Å². The molecule has 0 aromatic heterocycles. The van der Waals surface area contributed by atoms with Gasteiger partial charge < -0.3 is 182 Å². The lowest BCUT2D eigenvalue weighted by Gasteiger charge is -2.42. The number of carbonyl (C=O) groups excluding carboxylic acids is 7. The van der Waals surface area contributed by atoms with E-state index < -0.39 is 305 Å². The van der Waals surface area contributed by atoms with Gasteiger partial charge in [0.2, 0.25) is 53.8 Å². The van der Waals surface area contributed by atoms with E-state index in [4.69, 9.17) is 68.3 Å². The number of nitrogens with two attached hydrogens (primary N) is 2. The standard InChI is InChI=1S/C84H92N8O35/c1-28-45(97)18-35-20-46(28)122-47-19-33(9-16-44(47)96)55(86)75(109)91-60-64(100)31-5-11-38(12-6-31)120-49-21-36-22-50(74(49)127-84-72(108)69(105)66(102)52(125-84)27-117-82-70(106)67(103)63(99)30(3)119-82)121-39-13-7-32(8-14-39)73(126-53-25-42(85)62(98)29(2)118-53)61-80(114)90-59(81(115)116-4)41-23-37(94)24-48(123-83-71(107)68(104)65(101)51(26-93)124-83)54(41)40-17-34(10-15-43(40)95)56(76(110)92-61)87-78(112)58(36)88-77(111)57(35)89-79(60)113/h5-24,29-30,42,51-53,55-73,82-84,93-108H,25-27,85-86H2,1-4H3,(H,87,112)(H,88,111)(H,89,113)(H,90,114)(H,91,109)(H,92,110)/t29-,30+,42+,51-,52+,53?,55+,56+,57-,58+,59-,60+,61-,62-,63+,64+,65-,66+,67-,68+,69-,70-,71+,72+,73+,82-,83-,84-/m0/s1. The summed E-state index contributed by atoms with van der Waals surface area (Å²) in [6.45, 7) is 2.35. The van der Waals surface area contributed by atoms with E-state index in [9.17, 15) is 91.3 Å². The minimum atomic E-state index is -2.46. The van der Waals surface area contributed by atoms with E-state index in [-0.39, 0.29) is 51.7 Å². The lowest BCUT2D eigenvalue weighted by atomic mass is 9.89. The third-order valence-corrected chi connectivity index (χ3v) is 23.3. The molecule has 7 aromatic carbocycles. The summed E-state index contributed by atoms with van der Waals surface area (Å²) in [6, 6.07) is 5.99. The number of aliphatic hydroxyl groups is 12. The second-order valence-electron chi connectivity index (χ2n) is 31.7. The predicted octanol–water partition coefficient (Wildman–Crippen LogP) is -2.79. The average Bonchev–Trinajstić information content (AvgIpc) is 0.744. The first-order valence-corrected chi connectivity index (χ1v) is 40.0. The van der Waals surface area contributed by atoms with E-state index in [0.717, 1.165) is 67.8 Å². The van der Waals surface area contributed by atoms with Crippen LogP contribution in [0.15, 0.2) is 121 Å². The van der Waals surface area contributed by atoms with E-state index >= 15 is 24.0 Å². The maximum atomic E-state index is 16.9. The molecule has 0 radical (unpaired) electrons. The fraction of sp³-hybridized carbons (Fsp3) is 0.417. The number of methoxy groups -OCH3 is 1. The van der Waals surface area contributed by atoms with Crippen molar-refractivity contribution in [1.82, 2.24) is 31.9 Å². The Morgan fingerprint density at radius 1 is 0.465 bits per heavy atom. The first-order chi connectivity index (χ1) is 60.4. The van der Waals surface area contributed by atoms with Crippen LogP contribution < -0.4 is 67.1 Å². The number of ether oxygens (including phenoxy) is 12. The van der Waals surface area contributed by atoms with Crippen LogP contribution in [0.1, 0.15) is 107 Å². The normalized spacial score (nSPS) is 33.3. The van der Waals surface area contributed by atoms with Crippen molar-refractivity contribution in [2.24, 2.45) is 11.5 Å². The van der Waals surface area contributed by atoms with E-state index in [1.807, 2.05) is 0 Å². The third-order valence-electron chi connectivity index (χ3n) is 23.3. The van der Waals surface area contributed by atoms with Crippen molar-refractivity contribution in [3.05, 3.63) is 166 Å². The molecule has 17 rings (SSSR count). The van der Waals surface area contributed by atoms with Crippen LogP contribution in [-0.4, -0.2) is 272 Å². The Morgan fingerprint density at radius 2 is 0.984 bits per heavy atom. The quantitative estimate of drug-likeness (QED) is 0.0582. The second kappa shape index (κ2) is 36.5. The number of hydrogen-bond acceptors (Lipinski definition) is 37. The van der Waals surface area contributed by atoms with Gasteiger partial charge in [0.1, 0.15) is 156 Å². The molecule has 4 fully saturated rings. The van der Waals surface area contributed by atoms with Crippen molar-refractivity contribution in [2.75, 3.05) is 20.3 Å². The Balaban J connectivity index is 0.966. The molecule has 1 unspecified atom stereocenters. The topological polar surface area (TPSA) is 678 Å². The molecule has 4 saturated heterocycles. The molecular formula is C84H92N8O35. The van der Waals surface area contributed by atoms with Gasteiger partial charge in [-0.15, -0.1) is 0 Å². The minimum absolute atomic E-state index is 0.0198. The summed E-state index contributed by atoms with van der Waals surface area (Å²) in [5, 5.41) is 198. The summed E-state index contributed by atoms with van der Waals surface area (Å²) in [5.74, 6) is -16.2. The van der Waals surface area contributed by atoms with Crippen LogP contribution in [0.4, 0.5) is 0 Å². The molecular weight excluding hydrogens is 1680 g/mol. The Kier molecular flexibility index (Phi) is 25.9. The number of hydrogen-bond donors (Lipinski definition) is 24. The number of phenolic OH excluding ortho intramolecular Hbond substituents is 4. The van der Waals surface area contributed by atoms with Gasteiger partial charge in [-0.1, -0.05) is 36.4 Å². The smallest absolute Gasteiger partial charge is 0.333 e. The number of phenols is 4. The number of rotatable bonds is 11.